The van der Waals surface area contributed by atoms with Crippen LogP contribution in [-0.2, 0) is 6.61 Å². The van der Waals surface area contributed by atoms with E-state index in [-0.39, 0.29) is 29.1 Å². The summed E-state index contributed by atoms with van der Waals surface area (Å²) in [6, 6.07) is 20.5. The molecule has 7 nitrogen and oxygen atoms in total. The first-order chi connectivity index (χ1) is 15.9. The third-order valence-electron chi connectivity index (χ3n) is 5.16. The van der Waals surface area contributed by atoms with Gasteiger partial charge in [-0.15, -0.1) is 6.42 Å². The molecule has 7 heteroatoms. The fourth-order valence-electron chi connectivity index (χ4n) is 3.47. The van der Waals surface area contributed by atoms with E-state index in [0.717, 1.165) is 5.56 Å². The number of ether oxygens (including phenoxy) is 1. The first-order valence-corrected chi connectivity index (χ1v) is 9.99. The Morgan fingerprint density at radius 3 is 2.33 bits per heavy atom. The van der Waals surface area contributed by atoms with Crippen LogP contribution in [0, 0.1) is 29.4 Å². The molecule has 0 unspecified atom stereocenters. The third kappa shape index (κ3) is 4.36. The van der Waals surface area contributed by atoms with Crippen LogP contribution in [0.5, 0.6) is 5.75 Å². The summed E-state index contributed by atoms with van der Waals surface area (Å²) < 4.78 is 5.87. The number of pyridine rings is 1. The molecule has 2 aliphatic carbocycles. The number of carbonyl (C=O) groups is 1. The van der Waals surface area contributed by atoms with Gasteiger partial charge < -0.3 is 9.84 Å². The average molecular weight is 438 g/mol. The third-order valence-corrected chi connectivity index (χ3v) is 5.16. The Balaban J connectivity index is 0.000000367. The molecule has 1 heterocycles. The minimum Gasteiger partial charge on any atom is -0.487 e. The topological polar surface area (TPSA) is 103 Å². The molecule has 33 heavy (non-hydrogen) atoms. The number of nitrogens with zero attached hydrogens (tertiary/aromatic N) is 2. The number of carboxylic acids is 1. The molecule has 0 fully saturated rings. The van der Waals surface area contributed by atoms with Crippen LogP contribution in [-0.4, -0.2) is 21.0 Å². The number of fused-ring (bicyclic) bond motifs is 2. The van der Waals surface area contributed by atoms with Gasteiger partial charge in [0, 0.05) is 6.07 Å². The molecular formula is C26H18N2O5. The van der Waals surface area contributed by atoms with E-state index < -0.39 is 16.6 Å². The molecule has 1 aromatic heterocycles. The molecular weight excluding hydrogens is 420 g/mol. The van der Waals surface area contributed by atoms with Crippen molar-refractivity contribution in [1.29, 1.82) is 0 Å². The fraction of sp³-hybridized carbons (Fsp3) is 0.0769. The van der Waals surface area contributed by atoms with Crippen LogP contribution >= 0.6 is 0 Å². The Kier molecular flexibility index (Phi) is 5.75. The standard InChI is InChI=1S/C20H14N2O5.C6H4/c1-3-14-17(20(23)24)21-18-15(22(25)26)10-9-12(2)16(18)19(14)27-11-13-7-5-4-6-8-13;1-2-5-4-6(5)3-1/h1,4-10H,11H2,2H3,(H,23,24);1-4H. The number of aryl methyl sites for hydroxylation is 1. The smallest absolute Gasteiger partial charge is 0.355 e. The average Bonchev–Trinajstić information content (AvgIpc) is 3.41. The van der Waals surface area contributed by atoms with Crippen LogP contribution in [0.25, 0.3) is 22.0 Å². The van der Waals surface area contributed by atoms with Gasteiger partial charge >= 0.3 is 5.97 Å². The molecule has 0 saturated heterocycles. The molecule has 0 bridgehead atoms. The van der Waals surface area contributed by atoms with Crippen LogP contribution < -0.4 is 4.74 Å². The summed E-state index contributed by atoms with van der Waals surface area (Å²) in [5.41, 5.74) is 3.44. The quantitative estimate of drug-likeness (QED) is 0.225. The number of hydrogen-bond acceptors (Lipinski definition) is 5. The van der Waals surface area contributed by atoms with Crippen LogP contribution in [0.3, 0.4) is 0 Å². The van der Waals surface area contributed by atoms with Gasteiger partial charge in [0.2, 0.25) is 0 Å². The SMILES string of the molecule is C#Cc1c(C(=O)O)nc2c([N+](=O)[O-])ccc(C)c2c1OCc1ccccc1.c1cc2cc-2c1. The van der Waals surface area contributed by atoms with Gasteiger partial charge in [-0.3, -0.25) is 10.1 Å². The molecule has 0 aliphatic heterocycles. The first kappa shape index (κ1) is 21.5. The van der Waals surface area contributed by atoms with Crippen molar-refractivity contribution in [2.24, 2.45) is 0 Å². The number of aromatic nitrogens is 1. The molecule has 2 aromatic carbocycles. The normalized spacial score (nSPS) is 10.5. The second kappa shape index (κ2) is 8.81. The number of nitro benzene ring substituents is 1. The van der Waals surface area contributed by atoms with Crippen LogP contribution in [0.15, 0.2) is 66.7 Å². The highest BCUT2D eigenvalue weighted by Crippen LogP contribution is 2.37. The Bertz CT molecular complexity index is 1420. The van der Waals surface area contributed by atoms with Crippen molar-refractivity contribution in [1.82, 2.24) is 4.98 Å². The first-order valence-electron chi connectivity index (χ1n) is 9.99. The molecule has 0 spiro atoms. The maximum Gasteiger partial charge on any atom is 0.355 e. The van der Waals surface area contributed by atoms with Crippen molar-refractivity contribution >= 4 is 22.6 Å². The van der Waals surface area contributed by atoms with Crippen molar-refractivity contribution in [2.45, 2.75) is 13.5 Å². The van der Waals surface area contributed by atoms with E-state index in [1.165, 1.54) is 17.2 Å². The number of rotatable bonds is 5. The molecule has 0 amide bonds. The summed E-state index contributed by atoms with van der Waals surface area (Å²) in [4.78, 5) is 26.4. The van der Waals surface area contributed by atoms with Crippen LogP contribution in [0.4, 0.5) is 5.69 Å². The molecule has 1 N–H and O–H groups in total. The molecule has 0 saturated carbocycles. The zero-order valence-electron chi connectivity index (χ0n) is 17.6. The lowest BCUT2D eigenvalue weighted by atomic mass is 10.0. The van der Waals surface area contributed by atoms with Crippen molar-refractivity contribution in [2.75, 3.05) is 0 Å². The summed E-state index contributed by atoms with van der Waals surface area (Å²) in [6.45, 7) is 1.85. The Hall–Kier alpha value is -4.70. The predicted molar refractivity (Wildman–Crippen MR) is 124 cm³/mol. The lowest BCUT2D eigenvalue weighted by molar-refractivity contribution is -0.383. The van der Waals surface area contributed by atoms with E-state index in [9.17, 15) is 20.0 Å². The number of benzene rings is 3. The van der Waals surface area contributed by atoms with Crippen molar-refractivity contribution in [3.05, 3.63) is 99.2 Å². The molecule has 3 aromatic rings. The molecule has 2 aliphatic rings. The zero-order valence-corrected chi connectivity index (χ0v) is 17.6. The fourth-order valence-corrected chi connectivity index (χ4v) is 3.47. The summed E-state index contributed by atoms with van der Waals surface area (Å²) in [6.07, 6.45) is 5.53. The lowest BCUT2D eigenvalue weighted by Crippen LogP contribution is -2.09. The summed E-state index contributed by atoms with van der Waals surface area (Å²) in [5.74, 6) is 1.03. The summed E-state index contributed by atoms with van der Waals surface area (Å²) >= 11 is 0. The minimum atomic E-state index is -1.38. The molecule has 0 atom stereocenters. The number of nitro groups is 1. The Morgan fingerprint density at radius 1 is 1.12 bits per heavy atom. The monoisotopic (exact) mass is 438 g/mol. The van der Waals surface area contributed by atoms with E-state index in [2.05, 4.69) is 35.2 Å². The van der Waals surface area contributed by atoms with Gasteiger partial charge in [-0.1, -0.05) is 60.5 Å². The van der Waals surface area contributed by atoms with Gasteiger partial charge in [-0.2, -0.15) is 0 Å². The van der Waals surface area contributed by atoms with E-state index in [1.54, 1.807) is 13.0 Å². The molecule has 5 rings (SSSR count). The van der Waals surface area contributed by atoms with Crippen LogP contribution in [0.2, 0.25) is 0 Å². The number of terminal acetylenes is 1. The van der Waals surface area contributed by atoms with Gasteiger partial charge in [0.1, 0.15) is 17.9 Å². The largest absolute Gasteiger partial charge is 0.487 e. The maximum absolute atomic E-state index is 11.6. The van der Waals surface area contributed by atoms with Crippen molar-refractivity contribution in [3.63, 3.8) is 0 Å². The van der Waals surface area contributed by atoms with Gasteiger partial charge in [0.25, 0.3) is 5.69 Å². The van der Waals surface area contributed by atoms with Gasteiger partial charge in [0.05, 0.1) is 10.3 Å². The van der Waals surface area contributed by atoms with E-state index >= 15 is 0 Å². The van der Waals surface area contributed by atoms with Crippen LogP contribution in [0.1, 0.15) is 27.2 Å². The zero-order chi connectivity index (χ0) is 23.5. The number of carboxylic acid groups (broad SMARTS) is 1. The van der Waals surface area contributed by atoms with Crippen molar-refractivity contribution in [3.8, 4) is 29.2 Å². The van der Waals surface area contributed by atoms with E-state index in [0.29, 0.717) is 10.9 Å². The second-order valence-electron chi connectivity index (χ2n) is 7.35. The lowest BCUT2D eigenvalue weighted by Gasteiger charge is -2.15. The number of non-ortho nitro benzene ring substituents is 1. The summed E-state index contributed by atoms with van der Waals surface area (Å²) in [5, 5.41) is 21.2. The van der Waals surface area contributed by atoms with E-state index in [4.69, 9.17) is 11.2 Å². The minimum absolute atomic E-state index is 0.0467. The molecule has 0 radical (unpaired) electrons. The van der Waals surface area contributed by atoms with E-state index in [1.807, 2.05) is 30.3 Å². The highest BCUT2D eigenvalue weighted by molar-refractivity contribution is 6.01. The Labute approximate surface area is 189 Å². The summed E-state index contributed by atoms with van der Waals surface area (Å²) in [7, 11) is 0. The highest BCUT2D eigenvalue weighted by atomic mass is 16.6. The Morgan fingerprint density at radius 2 is 1.82 bits per heavy atom. The predicted octanol–water partition coefficient (Wildman–Crippen LogP) is 5.38. The number of hydrogen-bond donors (Lipinski definition) is 1. The van der Waals surface area contributed by atoms with Gasteiger partial charge in [-0.25, -0.2) is 9.78 Å². The maximum atomic E-state index is 11.6. The number of aromatic carboxylic acids is 1. The van der Waals surface area contributed by atoms with Crippen molar-refractivity contribution < 1.29 is 19.6 Å². The highest BCUT2D eigenvalue weighted by Gasteiger charge is 2.26. The van der Waals surface area contributed by atoms with Gasteiger partial charge in [0.15, 0.2) is 11.2 Å². The van der Waals surface area contributed by atoms with Gasteiger partial charge in [-0.05, 0) is 35.2 Å². The molecule has 162 valence electrons. The second-order valence-corrected chi connectivity index (χ2v) is 7.35.